The minimum Gasteiger partial charge on any atom is -0.478 e. The van der Waals surface area contributed by atoms with E-state index in [1.165, 1.54) is 18.3 Å². The maximum atomic E-state index is 12.9. The molecule has 6 atom stereocenters. The van der Waals surface area contributed by atoms with Crippen LogP contribution in [0.1, 0.15) is 22.5 Å². The number of hydrogen-bond acceptors (Lipinski definition) is 5. The maximum absolute atomic E-state index is 12.9. The topological polar surface area (TPSA) is 100 Å². The highest BCUT2D eigenvalue weighted by molar-refractivity contribution is 6.06. The van der Waals surface area contributed by atoms with Crippen LogP contribution in [0.15, 0.2) is 58.1 Å². The van der Waals surface area contributed by atoms with Crippen LogP contribution in [-0.4, -0.2) is 34.1 Å². The highest BCUT2D eigenvalue weighted by Crippen LogP contribution is 2.65. The van der Waals surface area contributed by atoms with Crippen LogP contribution < -0.4 is 0 Å². The molecular formula is C23H18N2O5. The van der Waals surface area contributed by atoms with Crippen LogP contribution in [-0.2, 0) is 9.59 Å². The third kappa shape index (κ3) is 2.38. The fourth-order valence-electron chi connectivity index (χ4n) is 5.55. The number of rotatable bonds is 4. The second kappa shape index (κ2) is 6.01. The summed E-state index contributed by atoms with van der Waals surface area (Å²) in [4.78, 5) is 37.0. The molecule has 1 saturated heterocycles. The fourth-order valence-corrected chi connectivity index (χ4v) is 5.55. The Morgan fingerprint density at radius 2 is 1.77 bits per heavy atom. The van der Waals surface area contributed by atoms with Gasteiger partial charge in [-0.25, -0.2) is 4.79 Å². The van der Waals surface area contributed by atoms with Gasteiger partial charge in [-0.3, -0.25) is 9.59 Å². The Balaban J connectivity index is 1.24. The van der Waals surface area contributed by atoms with Crippen LogP contribution in [0.2, 0.25) is 0 Å². The van der Waals surface area contributed by atoms with Gasteiger partial charge in [0.25, 0.3) is 11.8 Å². The second-order valence-corrected chi connectivity index (χ2v) is 8.48. The van der Waals surface area contributed by atoms with Crippen LogP contribution in [0.25, 0.3) is 11.3 Å². The van der Waals surface area contributed by atoms with Crippen LogP contribution in [0.3, 0.4) is 0 Å². The lowest BCUT2D eigenvalue weighted by Crippen LogP contribution is -2.40. The summed E-state index contributed by atoms with van der Waals surface area (Å²) in [6.07, 6.45) is 6.75. The summed E-state index contributed by atoms with van der Waals surface area (Å²) in [5.41, 5.74) is 0.784. The minimum atomic E-state index is -1.01. The maximum Gasteiger partial charge on any atom is 0.335 e. The first-order valence-electron chi connectivity index (χ1n) is 10.1. The van der Waals surface area contributed by atoms with Gasteiger partial charge in [0, 0.05) is 5.56 Å². The molecule has 30 heavy (non-hydrogen) atoms. The standard InChI is InChI=1S/C23H18N2O5/c26-21-19-14-5-6-15(17-9-16(14)17)20(19)22(27)25(21)24-10-13-4-7-18(30-13)11-2-1-3-12(8-11)23(28)29/h1-8,10,14-17,19-20H,9H2,(H,28,29)/b24-10+/t14-,15-,16-,17-,19-,20+/m1/s1. The number of nitrogens with zero attached hydrogens (tertiary/aromatic N) is 2. The summed E-state index contributed by atoms with van der Waals surface area (Å²) >= 11 is 0. The smallest absolute Gasteiger partial charge is 0.335 e. The van der Waals surface area contributed by atoms with E-state index in [1.807, 2.05) is 0 Å². The Morgan fingerprint density at radius 3 is 2.43 bits per heavy atom. The van der Waals surface area contributed by atoms with Gasteiger partial charge >= 0.3 is 5.97 Å². The lowest BCUT2D eigenvalue weighted by atomic mass is 9.63. The number of hydrazone groups is 1. The quantitative estimate of drug-likeness (QED) is 0.481. The van der Waals surface area contributed by atoms with Crippen LogP contribution >= 0.6 is 0 Å². The van der Waals surface area contributed by atoms with Crippen molar-refractivity contribution in [3.05, 3.63) is 59.9 Å². The molecule has 2 heterocycles. The second-order valence-electron chi connectivity index (χ2n) is 8.48. The molecule has 7 heteroatoms. The van der Waals surface area contributed by atoms with E-state index in [9.17, 15) is 14.4 Å². The zero-order valence-electron chi connectivity index (χ0n) is 15.8. The number of furan rings is 1. The van der Waals surface area contributed by atoms with Gasteiger partial charge in [0.15, 0.2) is 0 Å². The molecule has 0 unspecified atom stereocenters. The zero-order valence-corrected chi connectivity index (χ0v) is 15.8. The molecule has 5 aliphatic rings. The SMILES string of the molecule is O=C(O)c1cccc(-c2ccc(/C=N/N3C(=O)[C@@H]4[C@@H]5C=C[C@H]([C@H]6C[C@H]56)[C@@H]4C3=O)o2)c1. The van der Waals surface area contributed by atoms with Gasteiger partial charge in [0.2, 0.25) is 0 Å². The van der Waals surface area contributed by atoms with Crippen LogP contribution in [0, 0.1) is 35.5 Å². The predicted molar refractivity (Wildman–Crippen MR) is 105 cm³/mol. The molecule has 2 saturated carbocycles. The summed E-state index contributed by atoms with van der Waals surface area (Å²) in [5, 5.41) is 14.3. The van der Waals surface area contributed by atoms with E-state index in [0.29, 0.717) is 28.9 Å². The lowest BCUT2D eigenvalue weighted by Gasteiger charge is -2.37. The third-order valence-electron chi connectivity index (χ3n) is 6.96. The third-order valence-corrected chi connectivity index (χ3v) is 6.96. The number of benzene rings is 1. The van der Waals surface area contributed by atoms with Crippen molar-refractivity contribution in [3.8, 4) is 11.3 Å². The van der Waals surface area contributed by atoms with Gasteiger partial charge in [-0.15, -0.1) is 0 Å². The number of carbonyl (C=O) groups is 3. The van der Waals surface area contributed by atoms with E-state index >= 15 is 0 Å². The van der Waals surface area contributed by atoms with Crippen molar-refractivity contribution in [2.75, 3.05) is 0 Å². The van der Waals surface area contributed by atoms with Crippen molar-refractivity contribution in [2.45, 2.75) is 6.42 Å². The molecule has 7 nitrogen and oxygen atoms in total. The number of allylic oxidation sites excluding steroid dienone is 2. The summed E-state index contributed by atoms with van der Waals surface area (Å²) in [6, 6.07) is 9.80. The summed E-state index contributed by atoms with van der Waals surface area (Å²) in [5.74, 6) is 0.292. The molecular weight excluding hydrogens is 384 g/mol. The number of amides is 2. The lowest BCUT2D eigenvalue weighted by molar-refractivity contribution is -0.140. The molecule has 150 valence electrons. The Morgan fingerprint density at radius 1 is 1.07 bits per heavy atom. The number of carboxylic acids is 1. The molecule has 1 N–H and O–H groups in total. The van der Waals surface area contributed by atoms with E-state index in [-0.39, 0.29) is 41.0 Å². The Bertz CT molecular complexity index is 1130. The summed E-state index contributed by atoms with van der Waals surface area (Å²) in [7, 11) is 0. The Kier molecular flexibility index (Phi) is 3.48. The molecule has 2 amide bonds. The molecule has 1 aliphatic heterocycles. The van der Waals surface area contributed by atoms with Gasteiger partial charge < -0.3 is 9.52 Å². The van der Waals surface area contributed by atoms with Crippen molar-refractivity contribution in [1.29, 1.82) is 0 Å². The molecule has 1 aromatic heterocycles. The number of aromatic carboxylic acids is 1. The van der Waals surface area contributed by atoms with Crippen LogP contribution in [0.4, 0.5) is 0 Å². The summed E-state index contributed by atoms with van der Waals surface area (Å²) < 4.78 is 5.73. The molecule has 3 fully saturated rings. The van der Waals surface area contributed by atoms with Gasteiger partial charge in [-0.05, 0) is 54.4 Å². The first kappa shape index (κ1) is 17.4. The number of hydrogen-bond donors (Lipinski definition) is 1. The normalized spacial score (nSPS) is 33.3. The van der Waals surface area contributed by atoms with Crippen molar-refractivity contribution in [3.63, 3.8) is 0 Å². The van der Waals surface area contributed by atoms with Crippen molar-refractivity contribution in [1.82, 2.24) is 5.01 Å². The van der Waals surface area contributed by atoms with Gasteiger partial charge in [-0.2, -0.15) is 10.1 Å². The largest absolute Gasteiger partial charge is 0.478 e. The van der Waals surface area contributed by atoms with Crippen molar-refractivity contribution >= 4 is 24.0 Å². The average Bonchev–Trinajstić information content (AvgIpc) is 3.39. The van der Waals surface area contributed by atoms with E-state index in [2.05, 4.69) is 17.3 Å². The first-order chi connectivity index (χ1) is 14.5. The highest BCUT2D eigenvalue weighted by Gasteiger charge is 2.67. The first-order valence-corrected chi connectivity index (χ1v) is 10.1. The summed E-state index contributed by atoms with van der Waals surface area (Å²) in [6.45, 7) is 0. The zero-order chi connectivity index (χ0) is 20.6. The average molecular weight is 402 g/mol. The van der Waals surface area contributed by atoms with E-state index in [0.717, 1.165) is 11.4 Å². The van der Waals surface area contributed by atoms with E-state index < -0.39 is 5.97 Å². The number of carboxylic acid groups (broad SMARTS) is 1. The molecule has 2 aromatic rings. The van der Waals surface area contributed by atoms with E-state index in [1.54, 1.807) is 24.3 Å². The molecule has 7 rings (SSSR count). The molecule has 1 aromatic carbocycles. The number of imide groups is 1. The Labute approximate surface area is 171 Å². The predicted octanol–water partition coefficient (Wildman–Crippen LogP) is 3.03. The Hall–Kier alpha value is -3.48. The fraction of sp³-hybridized carbons (Fsp3) is 0.304. The molecule has 0 spiro atoms. The molecule has 4 aliphatic carbocycles. The number of carbonyl (C=O) groups excluding carboxylic acids is 2. The van der Waals surface area contributed by atoms with Gasteiger partial charge in [0.05, 0.1) is 23.6 Å². The van der Waals surface area contributed by atoms with Crippen molar-refractivity contribution in [2.24, 2.45) is 40.6 Å². The molecule has 0 radical (unpaired) electrons. The van der Waals surface area contributed by atoms with Gasteiger partial charge in [0.1, 0.15) is 11.5 Å². The van der Waals surface area contributed by atoms with Crippen molar-refractivity contribution < 1.29 is 23.9 Å². The van der Waals surface area contributed by atoms with Crippen LogP contribution in [0.5, 0.6) is 0 Å². The highest BCUT2D eigenvalue weighted by atomic mass is 16.4. The molecule has 2 bridgehead atoms. The van der Waals surface area contributed by atoms with E-state index in [4.69, 9.17) is 9.52 Å². The monoisotopic (exact) mass is 402 g/mol. The minimum absolute atomic E-state index is 0.163. The van der Waals surface area contributed by atoms with Gasteiger partial charge in [-0.1, -0.05) is 24.3 Å².